The van der Waals surface area contributed by atoms with E-state index in [2.05, 4.69) is 24.1 Å². The lowest BCUT2D eigenvalue weighted by atomic mass is 10.1. The second kappa shape index (κ2) is 7.52. The minimum Gasteiger partial charge on any atom is -0.374 e. The Balaban J connectivity index is 1.82. The van der Waals surface area contributed by atoms with Gasteiger partial charge in [0.05, 0.1) is 18.3 Å². The van der Waals surface area contributed by atoms with Gasteiger partial charge in [-0.05, 0) is 18.1 Å². The van der Waals surface area contributed by atoms with E-state index in [9.17, 15) is 9.18 Å². The van der Waals surface area contributed by atoms with Crippen molar-refractivity contribution in [3.8, 4) is 0 Å². The maximum atomic E-state index is 13.5. The van der Waals surface area contributed by atoms with Crippen LogP contribution in [0.2, 0.25) is 0 Å². The lowest BCUT2D eigenvalue weighted by molar-refractivity contribution is -0.0295. The summed E-state index contributed by atoms with van der Waals surface area (Å²) in [6, 6.07) is 5.99. The van der Waals surface area contributed by atoms with Gasteiger partial charge in [-0.15, -0.1) is 0 Å². The van der Waals surface area contributed by atoms with Crippen molar-refractivity contribution in [2.75, 3.05) is 32.8 Å². The van der Waals surface area contributed by atoms with Gasteiger partial charge in [0.2, 0.25) is 0 Å². The molecule has 0 spiro atoms. The van der Waals surface area contributed by atoms with Crippen LogP contribution in [0.5, 0.6) is 0 Å². The van der Waals surface area contributed by atoms with Gasteiger partial charge in [0.1, 0.15) is 5.82 Å². The third-order valence-electron chi connectivity index (χ3n) is 3.46. The Morgan fingerprint density at radius 3 is 2.95 bits per heavy atom. The second-order valence-electron chi connectivity index (χ2n) is 5.84. The fourth-order valence-electron chi connectivity index (χ4n) is 2.53. The minimum atomic E-state index is -0.499. The van der Waals surface area contributed by atoms with Crippen LogP contribution in [-0.4, -0.2) is 49.7 Å². The highest BCUT2D eigenvalue weighted by Gasteiger charge is 2.22. The van der Waals surface area contributed by atoms with Gasteiger partial charge in [0.15, 0.2) is 0 Å². The average molecular weight is 294 g/mol. The third-order valence-corrected chi connectivity index (χ3v) is 3.46. The molecule has 1 atom stereocenters. The van der Waals surface area contributed by atoms with Crippen molar-refractivity contribution in [1.82, 2.24) is 10.2 Å². The van der Waals surface area contributed by atoms with Crippen LogP contribution < -0.4 is 5.32 Å². The molecular weight excluding hydrogens is 271 g/mol. The Kier molecular flexibility index (Phi) is 5.70. The maximum Gasteiger partial charge on any atom is 0.254 e. The summed E-state index contributed by atoms with van der Waals surface area (Å²) >= 11 is 0. The van der Waals surface area contributed by atoms with Crippen LogP contribution in [0.4, 0.5) is 4.39 Å². The van der Waals surface area contributed by atoms with E-state index in [0.717, 1.165) is 19.6 Å². The van der Waals surface area contributed by atoms with E-state index in [-0.39, 0.29) is 11.7 Å². The molecule has 1 N–H and O–H groups in total. The van der Waals surface area contributed by atoms with Crippen LogP contribution in [0.3, 0.4) is 0 Å². The number of nitrogens with zero attached hydrogens (tertiary/aromatic N) is 1. The topological polar surface area (TPSA) is 41.6 Å². The number of amides is 1. The lowest BCUT2D eigenvalue weighted by Gasteiger charge is -2.33. The summed E-state index contributed by atoms with van der Waals surface area (Å²) < 4.78 is 19.2. The first kappa shape index (κ1) is 15.9. The molecule has 116 valence electrons. The van der Waals surface area contributed by atoms with E-state index in [0.29, 0.717) is 19.1 Å². The molecule has 1 fully saturated rings. The Labute approximate surface area is 125 Å². The summed E-state index contributed by atoms with van der Waals surface area (Å²) in [6.45, 7) is 8.20. The molecule has 1 saturated heterocycles. The summed E-state index contributed by atoms with van der Waals surface area (Å²) in [4.78, 5) is 14.3. The summed E-state index contributed by atoms with van der Waals surface area (Å²) in [6.07, 6.45) is -0.0341. The first-order valence-electron chi connectivity index (χ1n) is 7.43. The van der Waals surface area contributed by atoms with Crippen LogP contribution in [0.25, 0.3) is 0 Å². The number of ether oxygens (including phenoxy) is 1. The smallest absolute Gasteiger partial charge is 0.254 e. The van der Waals surface area contributed by atoms with Gasteiger partial charge in [-0.3, -0.25) is 9.69 Å². The first-order chi connectivity index (χ1) is 10.1. The number of benzene rings is 1. The lowest BCUT2D eigenvalue weighted by Crippen LogP contribution is -2.48. The highest BCUT2D eigenvalue weighted by Crippen LogP contribution is 2.09. The van der Waals surface area contributed by atoms with Crippen molar-refractivity contribution >= 4 is 5.91 Å². The van der Waals surface area contributed by atoms with Crippen molar-refractivity contribution in [3.05, 3.63) is 35.6 Å². The SMILES string of the molecule is CC(C)CN1CCOC(CNC(=O)c2ccccc2F)C1. The molecule has 0 bridgehead atoms. The molecule has 1 aliphatic rings. The number of carbonyl (C=O) groups excluding carboxylic acids is 1. The van der Waals surface area contributed by atoms with Gasteiger partial charge in [-0.2, -0.15) is 0 Å². The van der Waals surface area contributed by atoms with E-state index < -0.39 is 11.7 Å². The Morgan fingerprint density at radius 1 is 1.48 bits per heavy atom. The maximum absolute atomic E-state index is 13.5. The Hall–Kier alpha value is -1.46. The molecule has 21 heavy (non-hydrogen) atoms. The molecule has 1 aromatic carbocycles. The number of carbonyl (C=O) groups is 1. The highest BCUT2D eigenvalue weighted by atomic mass is 19.1. The fraction of sp³-hybridized carbons (Fsp3) is 0.562. The van der Waals surface area contributed by atoms with Gasteiger partial charge in [-0.1, -0.05) is 26.0 Å². The molecule has 2 rings (SSSR count). The van der Waals surface area contributed by atoms with E-state index in [1.807, 2.05) is 0 Å². The summed E-state index contributed by atoms with van der Waals surface area (Å²) in [5.74, 6) is -0.282. The molecule has 1 heterocycles. The zero-order chi connectivity index (χ0) is 15.2. The Morgan fingerprint density at radius 2 is 2.24 bits per heavy atom. The molecular formula is C16H23FN2O2. The number of hydrogen-bond donors (Lipinski definition) is 1. The van der Waals surface area contributed by atoms with Crippen LogP contribution >= 0.6 is 0 Å². The van der Waals surface area contributed by atoms with E-state index in [1.165, 1.54) is 12.1 Å². The Bertz CT molecular complexity index is 479. The number of nitrogens with one attached hydrogen (secondary N) is 1. The van der Waals surface area contributed by atoms with Crippen molar-refractivity contribution in [2.24, 2.45) is 5.92 Å². The summed E-state index contributed by atoms with van der Waals surface area (Å²) in [5, 5.41) is 2.75. The number of morpholine rings is 1. The van der Waals surface area contributed by atoms with Gasteiger partial charge in [0.25, 0.3) is 5.91 Å². The molecule has 1 unspecified atom stereocenters. The molecule has 4 nitrogen and oxygen atoms in total. The molecule has 5 heteroatoms. The van der Waals surface area contributed by atoms with E-state index in [4.69, 9.17) is 4.74 Å². The van der Waals surface area contributed by atoms with E-state index in [1.54, 1.807) is 12.1 Å². The van der Waals surface area contributed by atoms with E-state index >= 15 is 0 Å². The van der Waals surface area contributed by atoms with Crippen molar-refractivity contribution in [3.63, 3.8) is 0 Å². The van der Waals surface area contributed by atoms with Crippen molar-refractivity contribution in [2.45, 2.75) is 20.0 Å². The number of hydrogen-bond acceptors (Lipinski definition) is 3. The van der Waals surface area contributed by atoms with Crippen molar-refractivity contribution < 1.29 is 13.9 Å². The molecule has 1 amide bonds. The largest absolute Gasteiger partial charge is 0.374 e. The monoisotopic (exact) mass is 294 g/mol. The van der Waals surface area contributed by atoms with Gasteiger partial charge < -0.3 is 10.1 Å². The number of halogens is 1. The molecule has 0 saturated carbocycles. The van der Waals surface area contributed by atoms with Gasteiger partial charge in [-0.25, -0.2) is 4.39 Å². The average Bonchev–Trinajstić information content (AvgIpc) is 2.45. The van der Waals surface area contributed by atoms with Crippen LogP contribution in [-0.2, 0) is 4.74 Å². The zero-order valence-electron chi connectivity index (χ0n) is 12.6. The molecule has 1 aromatic rings. The fourth-order valence-corrected chi connectivity index (χ4v) is 2.53. The molecule has 0 radical (unpaired) electrons. The second-order valence-corrected chi connectivity index (χ2v) is 5.84. The molecule has 0 aromatic heterocycles. The molecule has 0 aliphatic carbocycles. The highest BCUT2D eigenvalue weighted by molar-refractivity contribution is 5.94. The minimum absolute atomic E-state index is 0.0341. The predicted octanol–water partition coefficient (Wildman–Crippen LogP) is 1.91. The van der Waals surface area contributed by atoms with Crippen molar-refractivity contribution in [1.29, 1.82) is 0 Å². The predicted molar refractivity (Wildman–Crippen MR) is 79.8 cm³/mol. The standard InChI is InChI=1S/C16H23FN2O2/c1-12(2)10-19-7-8-21-13(11-19)9-18-16(20)14-5-3-4-6-15(14)17/h3-6,12-13H,7-11H2,1-2H3,(H,18,20). The van der Waals surface area contributed by atoms with Crippen LogP contribution in [0.1, 0.15) is 24.2 Å². The third kappa shape index (κ3) is 4.79. The quantitative estimate of drug-likeness (QED) is 0.902. The van der Waals surface area contributed by atoms with Gasteiger partial charge >= 0.3 is 0 Å². The zero-order valence-corrected chi connectivity index (χ0v) is 12.6. The normalized spacial score (nSPS) is 19.7. The summed E-state index contributed by atoms with van der Waals surface area (Å²) in [5.41, 5.74) is 0.0762. The van der Waals surface area contributed by atoms with Crippen LogP contribution in [0.15, 0.2) is 24.3 Å². The van der Waals surface area contributed by atoms with Crippen LogP contribution in [0, 0.1) is 11.7 Å². The summed E-state index contributed by atoms with van der Waals surface area (Å²) in [7, 11) is 0. The van der Waals surface area contributed by atoms with Gasteiger partial charge in [0, 0.05) is 26.2 Å². The number of rotatable bonds is 5. The molecule has 1 aliphatic heterocycles. The first-order valence-corrected chi connectivity index (χ1v) is 7.43.